The number of nitrogens with zero attached hydrogens (tertiary/aromatic N) is 1. The highest BCUT2D eigenvalue weighted by atomic mass is 35.5. The SMILES string of the molecule is O=C(Nc1ccccc1C(=O)NCc1cccnc1)c1cc(Cl)ccc1Cl. The van der Waals surface area contributed by atoms with Gasteiger partial charge >= 0.3 is 0 Å². The molecule has 136 valence electrons. The highest BCUT2D eigenvalue weighted by Crippen LogP contribution is 2.23. The van der Waals surface area contributed by atoms with Crippen LogP contribution >= 0.6 is 23.2 Å². The number of para-hydroxylation sites is 1. The molecule has 1 heterocycles. The molecule has 0 saturated heterocycles. The van der Waals surface area contributed by atoms with Gasteiger partial charge in [0.2, 0.25) is 0 Å². The quantitative estimate of drug-likeness (QED) is 0.659. The Kier molecular flexibility index (Phi) is 6.06. The summed E-state index contributed by atoms with van der Waals surface area (Å²) >= 11 is 12.0. The summed E-state index contributed by atoms with van der Waals surface area (Å²) in [6.07, 6.45) is 3.34. The Balaban J connectivity index is 1.76. The highest BCUT2D eigenvalue weighted by molar-refractivity contribution is 6.36. The van der Waals surface area contributed by atoms with Crippen molar-refractivity contribution in [2.24, 2.45) is 0 Å². The molecular weight excluding hydrogens is 385 g/mol. The van der Waals surface area contributed by atoms with Crippen molar-refractivity contribution in [3.8, 4) is 0 Å². The Bertz CT molecular complexity index is 978. The molecule has 1 aromatic heterocycles. The topological polar surface area (TPSA) is 71.1 Å². The average Bonchev–Trinajstić information content (AvgIpc) is 2.69. The van der Waals surface area contributed by atoms with E-state index in [1.54, 1.807) is 54.9 Å². The standard InChI is InChI=1S/C20H15Cl2N3O2/c21-14-7-8-17(22)16(10-14)20(27)25-18-6-2-1-5-15(18)19(26)24-12-13-4-3-9-23-11-13/h1-11H,12H2,(H,24,26)(H,25,27). The van der Waals surface area contributed by atoms with Gasteiger partial charge in [0.05, 0.1) is 21.8 Å². The third kappa shape index (κ3) is 4.84. The van der Waals surface area contributed by atoms with Gasteiger partial charge in [0.15, 0.2) is 0 Å². The van der Waals surface area contributed by atoms with Gasteiger partial charge in [-0.2, -0.15) is 0 Å². The Hall–Kier alpha value is -2.89. The second-order valence-electron chi connectivity index (χ2n) is 5.67. The summed E-state index contributed by atoms with van der Waals surface area (Å²) in [6.45, 7) is 0.328. The molecule has 0 aliphatic heterocycles. The number of carbonyl (C=O) groups excluding carboxylic acids is 2. The smallest absolute Gasteiger partial charge is 0.257 e. The van der Waals surface area contributed by atoms with Crippen molar-refractivity contribution in [1.29, 1.82) is 0 Å². The Morgan fingerprint density at radius 3 is 2.52 bits per heavy atom. The molecule has 0 radical (unpaired) electrons. The molecule has 0 unspecified atom stereocenters. The summed E-state index contributed by atoms with van der Waals surface area (Å²) in [6, 6.07) is 15.0. The molecule has 0 bridgehead atoms. The van der Waals surface area contributed by atoms with E-state index in [4.69, 9.17) is 23.2 Å². The maximum atomic E-state index is 12.5. The molecule has 2 N–H and O–H groups in total. The third-order valence-corrected chi connectivity index (χ3v) is 4.33. The van der Waals surface area contributed by atoms with Crippen molar-refractivity contribution in [2.75, 3.05) is 5.32 Å². The maximum Gasteiger partial charge on any atom is 0.257 e. The van der Waals surface area contributed by atoms with Crippen LogP contribution < -0.4 is 10.6 Å². The first-order valence-corrected chi connectivity index (χ1v) is 8.83. The van der Waals surface area contributed by atoms with Crippen molar-refractivity contribution >= 4 is 40.7 Å². The van der Waals surface area contributed by atoms with E-state index in [9.17, 15) is 9.59 Å². The lowest BCUT2D eigenvalue weighted by Crippen LogP contribution is -2.25. The lowest BCUT2D eigenvalue weighted by molar-refractivity contribution is 0.0951. The molecular formula is C20H15Cl2N3O2. The second-order valence-corrected chi connectivity index (χ2v) is 6.51. The van der Waals surface area contributed by atoms with E-state index in [0.29, 0.717) is 22.8 Å². The summed E-state index contributed by atoms with van der Waals surface area (Å²) < 4.78 is 0. The highest BCUT2D eigenvalue weighted by Gasteiger charge is 2.16. The second kappa shape index (κ2) is 8.66. The fourth-order valence-corrected chi connectivity index (χ4v) is 2.81. The van der Waals surface area contributed by atoms with Crippen LogP contribution in [0.3, 0.4) is 0 Å². The average molecular weight is 400 g/mol. The molecule has 0 saturated carbocycles. The van der Waals surface area contributed by atoms with E-state index in [-0.39, 0.29) is 16.5 Å². The molecule has 3 aromatic rings. The number of hydrogen-bond acceptors (Lipinski definition) is 3. The van der Waals surface area contributed by atoms with Gasteiger partial charge in [-0.05, 0) is 42.0 Å². The van der Waals surface area contributed by atoms with Gasteiger partial charge < -0.3 is 10.6 Å². The van der Waals surface area contributed by atoms with Crippen LogP contribution in [0.25, 0.3) is 0 Å². The Morgan fingerprint density at radius 1 is 0.926 bits per heavy atom. The predicted molar refractivity (Wildman–Crippen MR) is 106 cm³/mol. The molecule has 2 amide bonds. The molecule has 27 heavy (non-hydrogen) atoms. The Morgan fingerprint density at radius 2 is 1.74 bits per heavy atom. The zero-order valence-electron chi connectivity index (χ0n) is 14.1. The van der Waals surface area contributed by atoms with Crippen molar-refractivity contribution in [3.05, 3.63) is 93.7 Å². The number of hydrogen-bond donors (Lipinski definition) is 2. The van der Waals surface area contributed by atoms with Crippen LogP contribution in [0.4, 0.5) is 5.69 Å². The van der Waals surface area contributed by atoms with Gasteiger partial charge in [-0.3, -0.25) is 14.6 Å². The van der Waals surface area contributed by atoms with Gasteiger partial charge in [0.25, 0.3) is 11.8 Å². The van der Waals surface area contributed by atoms with Gasteiger partial charge in [0.1, 0.15) is 0 Å². The van der Waals surface area contributed by atoms with Crippen molar-refractivity contribution in [3.63, 3.8) is 0 Å². The summed E-state index contributed by atoms with van der Waals surface area (Å²) in [5, 5.41) is 6.20. The molecule has 0 atom stereocenters. The van der Waals surface area contributed by atoms with Crippen molar-refractivity contribution in [1.82, 2.24) is 10.3 Å². The number of nitrogens with one attached hydrogen (secondary N) is 2. The van der Waals surface area contributed by atoms with E-state index in [1.807, 2.05) is 6.07 Å². The van der Waals surface area contributed by atoms with E-state index >= 15 is 0 Å². The maximum absolute atomic E-state index is 12.5. The normalized spacial score (nSPS) is 10.3. The van der Waals surface area contributed by atoms with Crippen LogP contribution in [-0.4, -0.2) is 16.8 Å². The minimum absolute atomic E-state index is 0.231. The van der Waals surface area contributed by atoms with Crippen LogP contribution in [0, 0.1) is 0 Å². The summed E-state index contributed by atoms with van der Waals surface area (Å²) in [5.74, 6) is -0.762. The number of halogens is 2. The van der Waals surface area contributed by atoms with Gasteiger partial charge in [-0.15, -0.1) is 0 Å². The molecule has 0 aliphatic rings. The first-order valence-electron chi connectivity index (χ1n) is 8.07. The van der Waals surface area contributed by atoms with Gasteiger partial charge in [-0.1, -0.05) is 41.4 Å². The van der Waals surface area contributed by atoms with E-state index in [2.05, 4.69) is 15.6 Å². The van der Waals surface area contributed by atoms with E-state index in [1.165, 1.54) is 6.07 Å². The number of anilines is 1. The van der Waals surface area contributed by atoms with Crippen LogP contribution in [0.5, 0.6) is 0 Å². The minimum atomic E-state index is -0.449. The minimum Gasteiger partial charge on any atom is -0.348 e. The summed E-state index contributed by atoms with van der Waals surface area (Å²) in [5.41, 5.74) is 1.82. The zero-order valence-corrected chi connectivity index (χ0v) is 15.6. The number of pyridine rings is 1. The number of rotatable bonds is 5. The van der Waals surface area contributed by atoms with Gasteiger partial charge in [-0.25, -0.2) is 0 Å². The van der Waals surface area contributed by atoms with Gasteiger partial charge in [0, 0.05) is 24.0 Å². The van der Waals surface area contributed by atoms with Crippen LogP contribution in [0.2, 0.25) is 10.0 Å². The fourth-order valence-electron chi connectivity index (χ4n) is 2.43. The predicted octanol–water partition coefficient (Wildman–Crippen LogP) is 4.57. The monoisotopic (exact) mass is 399 g/mol. The first-order chi connectivity index (χ1) is 13.0. The van der Waals surface area contributed by atoms with Crippen molar-refractivity contribution in [2.45, 2.75) is 6.54 Å². The first kappa shape index (κ1) is 18.9. The molecule has 0 aliphatic carbocycles. The van der Waals surface area contributed by atoms with Crippen LogP contribution in [-0.2, 0) is 6.54 Å². The molecule has 7 heteroatoms. The molecule has 5 nitrogen and oxygen atoms in total. The lowest BCUT2D eigenvalue weighted by Gasteiger charge is -2.12. The molecule has 2 aromatic carbocycles. The summed E-state index contributed by atoms with van der Waals surface area (Å²) in [7, 11) is 0. The van der Waals surface area contributed by atoms with Crippen LogP contribution in [0.15, 0.2) is 67.0 Å². The molecule has 0 fully saturated rings. The largest absolute Gasteiger partial charge is 0.348 e. The van der Waals surface area contributed by atoms with E-state index in [0.717, 1.165) is 5.56 Å². The number of aromatic nitrogens is 1. The zero-order chi connectivity index (χ0) is 19.2. The number of amides is 2. The fraction of sp³-hybridized carbons (Fsp3) is 0.0500. The number of benzene rings is 2. The Labute approximate surface area is 166 Å². The van der Waals surface area contributed by atoms with E-state index < -0.39 is 5.91 Å². The summed E-state index contributed by atoms with van der Waals surface area (Å²) in [4.78, 5) is 29.1. The van der Waals surface area contributed by atoms with Crippen molar-refractivity contribution < 1.29 is 9.59 Å². The lowest BCUT2D eigenvalue weighted by atomic mass is 10.1. The molecule has 0 spiro atoms. The third-order valence-electron chi connectivity index (χ3n) is 3.77. The molecule has 3 rings (SSSR count). The number of carbonyl (C=O) groups is 2. The van der Waals surface area contributed by atoms with Crippen LogP contribution in [0.1, 0.15) is 26.3 Å².